The van der Waals surface area contributed by atoms with E-state index in [0.717, 1.165) is 19.5 Å². The van der Waals surface area contributed by atoms with Gasteiger partial charge in [0.1, 0.15) is 16.9 Å². The zero-order chi connectivity index (χ0) is 26.3. The Balaban J connectivity index is 1.31. The third-order valence-electron chi connectivity index (χ3n) is 6.84. The first-order valence-corrected chi connectivity index (χ1v) is 13.7. The van der Waals surface area contributed by atoms with Crippen molar-refractivity contribution >= 4 is 47.0 Å². The number of oxime groups is 1. The van der Waals surface area contributed by atoms with Crippen molar-refractivity contribution in [3.63, 3.8) is 0 Å². The Hall–Kier alpha value is -3.07. The average Bonchev–Trinajstić information content (AvgIpc) is 3.51. The number of hydrogen-bond donors (Lipinski definition) is 4. The number of thioether (sulfide) groups is 2. The van der Waals surface area contributed by atoms with Crippen LogP contribution >= 0.6 is 23.5 Å². The van der Waals surface area contributed by atoms with E-state index in [-0.39, 0.29) is 17.1 Å². The van der Waals surface area contributed by atoms with Gasteiger partial charge in [-0.15, -0.1) is 11.8 Å². The minimum Gasteiger partial charge on any atom is -0.543 e. The van der Waals surface area contributed by atoms with Gasteiger partial charge in [-0.25, -0.2) is 4.57 Å². The molecule has 2 fully saturated rings. The molecule has 5 N–H and O–H groups in total. The summed E-state index contributed by atoms with van der Waals surface area (Å²) >= 11 is 2.57. The van der Waals surface area contributed by atoms with Gasteiger partial charge in [0.2, 0.25) is 0 Å². The van der Waals surface area contributed by atoms with Gasteiger partial charge in [-0.3, -0.25) is 14.5 Å². The zero-order valence-corrected chi connectivity index (χ0v) is 21.6. The Morgan fingerprint density at radius 3 is 2.89 bits per heavy atom. The van der Waals surface area contributed by atoms with Gasteiger partial charge >= 0.3 is 0 Å². The van der Waals surface area contributed by atoms with Gasteiger partial charge in [0, 0.05) is 40.8 Å². The number of aliphatic carboxylic acids is 1. The molecule has 37 heavy (non-hydrogen) atoms. The summed E-state index contributed by atoms with van der Waals surface area (Å²) in [4.78, 5) is 41.3. The van der Waals surface area contributed by atoms with Crippen molar-refractivity contribution in [1.29, 1.82) is 0 Å². The summed E-state index contributed by atoms with van der Waals surface area (Å²) in [5, 5.41) is 30.8. The Bertz CT molecular complexity index is 1240. The number of amides is 2. The Morgan fingerprint density at radius 1 is 1.43 bits per heavy atom. The van der Waals surface area contributed by atoms with E-state index in [1.165, 1.54) is 34.0 Å². The highest BCUT2D eigenvalue weighted by molar-refractivity contribution is 8.02. The number of carboxylic acid groups (broad SMARTS) is 1. The molecular weight excluding hydrogens is 518 g/mol. The smallest absolute Gasteiger partial charge is 0.276 e. The quantitative estimate of drug-likeness (QED) is 0.0994. The molecule has 1 aromatic rings. The molecule has 0 radical (unpaired) electrons. The van der Waals surface area contributed by atoms with Crippen LogP contribution in [0.25, 0.3) is 0 Å². The standard InChI is InChI=1S/C23H27N7O5S2/c1-28-6-4-13(7-28)12-3-2-5-29(8-12)9-14-10-36-21-17(20(32)30(21)18(14)22(33)34)26-19(31)16(27-35)15-11-37-23(24)25-15/h2-3,5,8,11,13,17,21,23,25H,4,6-7,9-10,24H2,1H3,(H2-,26,31,33,34,35)/t13?,17-,21?,23?/m1/s1. The number of nitrogens with zero attached hydrogens (tertiary/aromatic N) is 4. The Labute approximate surface area is 221 Å². The van der Waals surface area contributed by atoms with Crippen LogP contribution in [-0.2, 0) is 20.9 Å². The van der Waals surface area contributed by atoms with Crippen LogP contribution in [0, 0.1) is 0 Å². The van der Waals surface area contributed by atoms with E-state index in [0.29, 0.717) is 23.8 Å². The first-order chi connectivity index (χ1) is 17.8. The molecule has 5 rings (SSSR count). The first kappa shape index (κ1) is 25.6. The van der Waals surface area contributed by atoms with E-state index in [9.17, 15) is 24.7 Å². The zero-order valence-electron chi connectivity index (χ0n) is 20.0. The number of β-lactam (4-membered cyclic amide) rings is 1. The molecule has 196 valence electrons. The molecule has 0 saturated carbocycles. The molecule has 12 nitrogen and oxygen atoms in total. The summed E-state index contributed by atoms with van der Waals surface area (Å²) in [6, 6.07) is 3.07. The van der Waals surface area contributed by atoms with Gasteiger partial charge in [0.15, 0.2) is 24.7 Å². The van der Waals surface area contributed by atoms with Gasteiger partial charge in [-0.05, 0) is 26.1 Å². The van der Waals surface area contributed by atoms with Gasteiger partial charge in [-0.2, -0.15) is 0 Å². The summed E-state index contributed by atoms with van der Waals surface area (Å²) in [5.41, 5.74) is 6.76. The highest BCUT2D eigenvalue weighted by Crippen LogP contribution is 2.40. The Kier molecular flexibility index (Phi) is 7.16. The molecule has 0 aliphatic carbocycles. The van der Waals surface area contributed by atoms with Crippen LogP contribution in [0.2, 0.25) is 0 Å². The fourth-order valence-electron chi connectivity index (χ4n) is 5.02. The number of nitrogens with one attached hydrogen (secondary N) is 2. The third kappa shape index (κ3) is 4.93. The maximum atomic E-state index is 13.0. The van der Waals surface area contributed by atoms with E-state index >= 15 is 0 Å². The van der Waals surface area contributed by atoms with Crippen molar-refractivity contribution in [1.82, 2.24) is 20.4 Å². The summed E-state index contributed by atoms with van der Waals surface area (Å²) in [6.07, 6.45) is 4.99. The molecule has 0 aromatic carbocycles. The average molecular weight is 546 g/mol. The molecule has 3 unspecified atom stereocenters. The molecule has 1 aromatic heterocycles. The highest BCUT2D eigenvalue weighted by Gasteiger charge is 2.53. The lowest BCUT2D eigenvalue weighted by molar-refractivity contribution is -0.689. The van der Waals surface area contributed by atoms with Crippen molar-refractivity contribution < 1.29 is 29.3 Å². The number of fused-ring (bicyclic) bond motifs is 1. The molecule has 4 aliphatic rings. The van der Waals surface area contributed by atoms with Crippen molar-refractivity contribution in [2.24, 2.45) is 10.9 Å². The number of carbonyl (C=O) groups is 3. The maximum Gasteiger partial charge on any atom is 0.276 e. The first-order valence-electron chi connectivity index (χ1n) is 11.7. The number of likely N-dealkylation sites (tertiary alicyclic amines) is 1. The predicted octanol–water partition coefficient (Wildman–Crippen LogP) is -1.95. The Morgan fingerprint density at radius 2 is 2.24 bits per heavy atom. The van der Waals surface area contributed by atoms with Gasteiger partial charge in [0.25, 0.3) is 11.8 Å². The number of hydrogen-bond acceptors (Lipinski definition) is 11. The highest BCUT2D eigenvalue weighted by atomic mass is 32.2. The van der Waals surface area contributed by atoms with Crippen LogP contribution < -0.4 is 26.0 Å². The summed E-state index contributed by atoms with van der Waals surface area (Å²) in [5.74, 6) is -1.99. The lowest BCUT2D eigenvalue weighted by Gasteiger charge is -2.50. The monoisotopic (exact) mass is 545 g/mol. The molecule has 5 heterocycles. The maximum absolute atomic E-state index is 13.0. The van der Waals surface area contributed by atoms with E-state index in [1.54, 1.807) is 5.41 Å². The van der Waals surface area contributed by atoms with Crippen molar-refractivity contribution in [2.75, 3.05) is 25.9 Å². The number of aromatic nitrogens is 1. The second kappa shape index (κ2) is 10.4. The van der Waals surface area contributed by atoms with Crippen molar-refractivity contribution in [2.45, 2.75) is 35.8 Å². The van der Waals surface area contributed by atoms with Crippen molar-refractivity contribution in [3.8, 4) is 0 Å². The van der Waals surface area contributed by atoms with Crippen molar-refractivity contribution in [3.05, 3.63) is 52.5 Å². The number of likely N-dealkylation sites (N-methyl/N-ethyl adjacent to an activating group) is 1. The minimum atomic E-state index is -1.43. The molecule has 4 atom stereocenters. The van der Waals surface area contributed by atoms with Crippen LogP contribution in [0.5, 0.6) is 0 Å². The van der Waals surface area contributed by atoms with E-state index in [1.807, 2.05) is 23.0 Å². The number of pyridine rings is 1. The van der Waals surface area contributed by atoms with Crippen LogP contribution in [0.3, 0.4) is 0 Å². The topological polar surface area (TPSA) is 167 Å². The molecule has 4 aliphatic heterocycles. The minimum absolute atomic E-state index is 0.156. The number of rotatable bonds is 7. The molecule has 14 heteroatoms. The van der Waals surface area contributed by atoms with E-state index in [2.05, 4.69) is 33.8 Å². The second-order valence-electron chi connectivity index (χ2n) is 9.34. The van der Waals surface area contributed by atoms with E-state index < -0.39 is 34.7 Å². The second-order valence-corrected chi connectivity index (χ2v) is 11.5. The normalized spacial score (nSPS) is 27.9. The summed E-state index contributed by atoms with van der Waals surface area (Å²) in [6.45, 7) is 2.32. The number of nitrogens with two attached hydrogens (primary N) is 1. The van der Waals surface area contributed by atoms with Crippen LogP contribution in [0.4, 0.5) is 0 Å². The summed E-state index contributed by atoms with van der Waals surface area (Å²) < 4.78 is 1.94. The molecule has 0 bridgehead atoms. The van der Waals surface area contributed by atoms with Gasteiger partial charge in [-0.1, -0.05) is 16.9 Å². The fraction of sp³-hybridized carbons (Fsp3) is 0.435. The van der Waals surface area contributed by atoms with Gasteiger partial charge < -0.3 is 36.4 Å². The lowest BCUT2D eigenvalue weighted by atomic mass is 10.00. The van der Waals surface area contributed by atoms with E-state index in [4.69, 9.17) is 5.73 Å². The van der Waals surface area contributed by atoms with Gasteiger partial charge in [0.05, 0.1) is 17.4 Å². The molecular formula is C23H27N7O5S2. The largest absolute Gasteiger partial charge is 0.543 e. The predicted molar refractivity (Wildman–Crippen MR) is 135 cm³/mol. The molecule has 2 amide bonds. The number of carbonyl (C=O) groups excluding carboxylic acids is 3. The number of carboxylic acids is 1. The van der Waals surface area contributed by atoms with Crippen LogP contribution in [-0.4, -0.2) is 81.3 Å². The van der Waals surface area contributed by atoms with Crippen LogP contribution in [0.1, 0.15) is 17.9 Å². The fourth-order valence-corrected chi connectivity index (χ4v) is 7.01. The molecule has 0 spiro atoms. The lowest BCUT2D eigenvalue weighted by Crippen LogP contribution is -2.71. The SMILES string of the molecule is CN1CCC(c2ccc[n+](CC3=C(C(=O)[O-])N4C(=O)[C@@H](NC(=O)/C(=N\O)C5=CSC(N)N5)C4SC3)c2)C1. The molecule has 2 saturated heterocycles. The third-order valence-corrected chi connectivity index (χ3v) is 8.97. The van der Waals surface area contributed by atoms with Crippen LogP contribution in [0.15, 0.2) is 52.1 Å². The summed E-state index contributed by atoms with van der Waals surface area (Å²) in [7, 11) is 2.10.